The van der Waals surface area contributed by atoms with Gasteiger partial charge < -0.3 is 15.2 Å². The van der Waals surface area contributed by atoms with Crippen LogP contribution in [-0.2, 0) is 0 Å². The lowest BCUT2D eigenvalue weighted by molar-refractivity contribution is 0.0697. The van der Waals surface area contributed by atoms with Crippen LogP contribution in [0.1, 0.15) is 31.1 Å². The highest BCUT2D eigenvalue weighted by atomic mass is 16.5. The second-order valence-corrected chi connectivity index (χ2v) is 5.84. The summed E-state index contributed by atoms with van der Waals surface area (Å²) in [4.78, 5) is 19.9. The Morgan fingerprint density at radius 1 is 1.27 bits per heavy atom. The summed E-state index contributed by atoms with van der Waals surface area (Å²) in [6.07, 6.45) is 1.31. The molecule has 0 unspecified atom stereocenters. The number of para-hydroxylation sites is 1. The molecule has 0 bridgehead atoms. The summed E-state index contributed by atoms with van der Waals surface area (Å²) in [6, 6.07) is 7.33. The third kappa shape index (κ3) is 3.52. The molecule has 1 aromatic heterocycles. The molecule has 0 atom stereocenters. The van der Waals surface area contributed by atoms with E-state index in [0.717, 1.165) is 0 Å². The molecule has 1 aromatic carbocycles. The minimum absolute atomic E-state index is 0.0357. The third-order valence-electron chi connectivity index (χ3n) is 2.86. The summed E-state index contributed by atoms with van der Waals surface area (Å²) >= 11 is 0. The van der Waals surface area contributed by atoms with Crippen molar-refractivity contribution in [3.05, 3.63) is 36.0 Å². The number of carboxylic acid groups (broad SMARTS) is 1. The zero-order chi connectivity index (χ0) is 16.3. The fourth-order valence-electron chi connectivity index (χ4n) is 1.95. The van der Waals surface area contributed by atoms with Gasteiger partial charge in [0.15, 0.2) is 5.82 Å². The van der Waals surface area contributed by atoms with Crippen LogP contribution in [0.25, 0.3) is 11.4 Å². The molecular weight excluding hydrogens is 282 g/mol. The zero-order valence-electron chi connectivity index (χ0n) is 13.0. The molecule has 0 saturated heterocycles. The number of nitrogens with one attached hydrogen (secondary N) is 1. The van der Waals surface area contributed by atoms with E-state index in [4.69, 9.17) is 4.74 Å². The fourth-order valence-corrected chi connectivity index (χ4v) is 1.95. The van der Waals surface area contributed by atoms with Crippen LogP contribution in [-0.4, -0.2) is 33.7 Å². The van der Waals surface area contributed by atoms with E-state index in [1.54, 1.807) is 13.2 Å². The number of benzene rings is 1. The van der Waals surface area contributed by atoms with Crippen molar-refractivity contribution in [2.75, 3.05) is 12.4 Å². The highest BCUT2D eigenvalue weighted by Gasteiger charge is 2.20. The first-order chi connectivity index (χ1) is 10.3. The molecule has 6 heteroatoms. The fraction of sp³-hybridized carbons (Fsp3) is 0.312. The number of anilines is 1. The van der Waals surface area contributed by atoms with Gasteiger partial charge in [-0.3, -0.25) is 0 Å². The van der Waals surface area contributed by atoms with Crippen molar-refractivity contribution in [1.29, 1.82) is 0 Å². The average molecular weight is 301 g/mol. The summed E-state index contributed by atoms with van der Waals surface area (Å²) in [5.41, 5.74) is 0.420. The summed E-state index contributed by atoms with van der Waals surface area (Å²) < 4.78 is 5.30. The summed E-state index contributed by atoms with van der Waals surface area (Å²) in [6.45, 7) is 5.80. The lowest BCUT2D eigenvalue weighted by Crippen LogP contribution is -2.28. The van der Waals surface area contributed by atoms with Gasteiger partial charge in [0.05, 0.1) is 12.7 Å². The van der Waals surface area contributed by atoms with Crippen LogP contribution in [0.4, 0.5) is 5.82 Å². The molecule has 0 fully saturated rings. The Bertz CT molecular complexity index is 693. The van der Waals surface area contributed by atoms with Crippen molar-refractivity contribution in [1.82, 2.24) is 9.97 Å². The van der Waals surface area contributed by atoms with Crippen LogP contribution in [0.2, 0.25) is 0 Å². The maximum absolute atomic E-state index is 11.3. The maximum atomic E-state index is 11.3. The normalized spacial score (nSPS) is 11.1. The van der Waals surface area contributed by atoms with Crippen molar-refractivity contribution >= 4 is 11.8 Å². The van der Waals surface area contributed by atoms with E-state index in [0.29, 0.717) is 17.1 Å². The van der Waals surface area contributed by atoms with Crippen molar-refractivity contribution in [2.24, 2.45) is 0 Å². The summed E-state index contributed by atoms with van der Waals surface area (Å²) in [7, 11) is 1.57. The van der Waals surface area contributed by atoms with Gasteiger partial charge in [-0.05, 0) is 32.9 Å². The standard InChI is InChI=1S/C16H19N3O3/c1-16(2,3)19-14-11(15(20)21)9-17-13(18-14)10-7-5-6-8-12(10)22-4/h5-9H,1-4H3,(H,20,21)(H,17,18,19). The Morgan fingerprint density at radius 2 is 1.95 bits per heavy atom. The molecule has 116 valence electrons. The molecule has 0 radical (unpaired) electrons. The Morgan fingerprint density at radius 3 is 2.55 bits per heavy atom. The largest absolute Gasteiger partial charge is 0.496 e. The lowest BCUT2D eigenvalue weighted by Gasteiger charge is -2.22. The second kappa shape index (κ2) is 6.01. The van der Waals surface area contributed by atoms with Crippen LogP contribution < -0.4 is 10.1 Å². The molecule has 0 aliphatic carbocycles. The molecule has 6 nitrogen and oxygen atoms in total. The molecule has 2 N–H and O–H groups in total. The van der Waals surface area contributed by atoms with E-state index in [-0.39, 0.29) is 16.9 Å². The van der Waals surface area contributed by atoms with Crippen LogP contribution in [0.3, 0.4) is 0 Å². The van der Waals surface area contributed by atoms with Crippen LogP contribution in [0, 0.1) is 0 Å². The SMILES string of the molecule is COc1ccccc1-c1ncc(C(=O)O)c(NC(C)(C)C)n1. The van der Waals surface area contributed by atoms with Gasteiger partial charge in [0.2, 0.25) is 0 Å². The van der Waals surface area contributed by atoms with E-state index in [2.05, 4.69) is 15.3 Å². The minimum Gasteiger partial charge on any atom is -0.496 e. The van der Waals surface area contributed by atoms with Gasteiger partial charge in [0.1, 0.15) is 17.1 Å². The first kappa shape index (κ1) is 15.8. The van der Waals surface area contributed by atoms with Gasteiger partial charge >= 0.3 is 5.97 Å². The number of carbonyl (C=O) groups is 1. The van der Waals surface area contributed by atoms with Crippen LogP contribution in [0.5, 0.6) is 5.75 Å². The summed E-state index contributed by atoms with van der Waals surface area (Å²) in [5, 5.41) is 12.4. The molecule has 0 aliphatic rings. The number of nitrogens with zero attached hydrogens (tertiary/aromatic N) is 2. The molecule has 2 aromatic rings. The predicted octanol–water partition coefficient (Wildman–Crippen LogP) is 3.06. The first-order valence-electron chi connectivity index (χ1n) is 6.84. The number of carboxylic acids is 1. The molecule has 1 heterocycles. The Balaban J connectivity index is 2.55. The molecule has 0 aliphatic heterocycles. The number of hydrogen-bond acceptors (Lipinski definition) is 5. The van der Waals surface area contributed by atoms with Gasteiger partial charge in [-0.15, -0.1) is 0 Å². The highest BCUT2D eigenvalue weighted by molar-refractivity contribution is 5.93. The average Bonchev–Trinajstić information content (AvgIpc) is 2.45. The van der Waals surface area contributed by atoms with Crippen molar-refractivity contribution in [2.45, 2.75) is 26.3 Å². The molecule has 2 rings (SSSR count). The number of hydrogen-bond donors (Lipinski definition) is 2. The summed E-state index contributed by atoms with van der Waals surface area (Å²) in [5.74, 6) is 0.260. The minimum atomic E-state index is -1.07. The van der Waals surface area contributed by atoms with E-state index in [9.17, 15) is 9.90 Å². The lowest BCUT2D eigenvalue weighted by atomic mass is 10.1. The van der Waals surface area contributed by atoms with Crippen LogP contribution >= 0.6 is 0 Å². The van der Waals surface area contributed by atoms with Gasteiger partial charge in [0.25, 0.3) is 0 Å². The Kier molecular flexibility index (Phi) is 4.30. The zero-order valence-corrected chi connectivity index (χ0v) is 13.0. The van der Waals surface area contributed by atoms with Crippen LogP contribution in [0.15, 0.2) is 30.5 Å². The molecule has 22 heavy (non-hydrogen) atoms. The number of aromatic carboxylic acids is 1. The first-order valence-corrected chi connectivity index (χ1v) is 6.84. The number of aromatic nitrogens is 2. The monoisotopic (exact) mass is 301 g/mol. The quantitative estimate of drug-likeness (QED) is 0.903. The van der Waals surface area contributed by atoms with Gasteiger partial charge in [-0.25, -0.2) is 14.8 Å². The van der Waals surface area contributed by atoms with Crippen molar-refractivity contribution in [3.8, 4) is 17.1 Å². The van der Waals surface area contributed by atoms with Gasteiger partial charge in [0, 0.05) is 11.7 Å². The topological polar surface area (TPSA) is 84.3 Å². The molecular formula is C16H19N3O3. The second-order valence-electron chi connectivity index (χ2n) is 5.84. The van der Waals surface area contributed by atoms with E-state index >= 15 is 0 Å². The molecule has 0 amide bonds. The number of methoxy groups -OCH3 is 1. The van der Waals surface area contributed by atoms with Crippen molar-refractivity contribution in [3.63, 3.8) is 0 Å². The molecule has 0 spiro atoms. The number of rotatable bonds is 4. The molecule has 0 saturated carbocycles. The van der Waals surface area contributed by atoms with Gasteiger partial charge in [-0.1, -0.05) is 12.1 Å². The Labute approximate surface area is 129 Å². The van der Waals surface area contributed by atoms with E-state index in [1.807, 2.05) is 39.0 Å². The maximum Gasteiger partial charge on any atom is 0.341 e. The predicted molar refractivity (Wildman–Crippen MR) is 84.4 cm³/mol. The number of ether oxygens (including phenoxy) is 1. The smallest absolute Gasteiger partial charge is 0.341 e. The Hall–Kier alpha value is -2.63. The van der Waals surface area contributed by atoms with E-state index < -0.39 is 5.97 Å². The van der Waals surface area contributed by atoms with E-state index in [1.165, 1.54) is 6.20 Å². The third-order valence-corrected chi connectivity index (χ3v) is 2.86. The highest BCUT2D eigenvalue weighted by Crippen LogP contribution is 2.28. The van der Waals surface area contributed by atoms with Crippen molar-refractivity contribution < 1.29 is 14.6 Å². The van der Waals surface area contributed by atoms with Gasteiger partial charge in [-0.2, -0.15) is 0 Å².